The molecule has 3 rings (SSSR count). The molecule has 33 heavy (non-hydrogen) atoms. The van der Waals surface area contributed by atoms with Crippen molar-refractivity contribution in [1.29, 1.82) is 0 Å². The summed E-state index contributed by atoms with van der Waals surface area (Å²) in [5.74, 6) is -0.809. The summed E-state index contributed by atoms with van der Waals surface area (Å²) in [6, 6.07) is 18.9. The summed E-state index contributed by atoms with van der Waals surface area (Å²) in [7, 11) is -1.05. The van der Waals surface area contributed by atoms with Gasteiger partial charge in [-0.05, 0) is 47.5 Å². The molecule has 3 aromatic carbocycles. The Kier molecular flexibility index (Phi) is 7.88. The van der Waals surface area contributed by atoms with Crippen LogP contribution in [-0.4, -0.2) is 56.1 Å². The van der Waals surface area contributed by atoms with Gasteiger partial charge >= 0.3 is 0 Å². The van der Waals surface area contributed by atoms with Crippen LogP contribution in [0.15, 0.2) is 76.1 Å². The van der Waals surface area contributed by atoms with Crippen LogP contribution in [0.5, 0.6) is 0 Å². The van der Waals surface area contributed by atoms with Gasteiger partial charge in [0.05, 0.1) is 11.4 Å². The number of nitrogens with zero attached hydrogens (tertiary/aromatic N) is 2. The van der Waals surface area contributed by atoms with Crippen molar-refractivity contribution in [2.24, 2.45) is 0 Å². The SMILES string of the molecule is CNC(=O)[C@H](C)N(Cc1cccc(Br)c1)C(=O)CN(C)S(=O)(=O)c1ccc2ccccc2c1. The lowest BCUT2D eigenvalue weighted by molar-refractivity contribution is -0.140. The van der Waals surface area contributed by atoms with Crippen LogP contribution in [0, 0.1) is 0 Å². The Labute approximate surface area is 202 Å². The van der Waals surface area contributed by atoms with Crippen LogP contribution in [0.25, 0.3) is 10.8 Å². The Balaban J connectivity index is 1.85. The van der Waals surface area contributed by atoms with Gasteiger partial charge in [-0.2, -0.15) is 4.31 Å². The summed E-state index contributed by atoms with van der Waals surface area (Å²) in [5, 5.41) is 4.27. The van der Waals surface area contributed by atoms with Crippen molar-refractivity contribution in [3.63, 3.8) is 0 Å². The maximum absolute atomic E-state index is 13.2. The van der Waals surface area contributed by atoms with Crippen molar-refractivity contribution < 1.29 is 18.0 Å². The third-order valence-corrected chi connectivity index (χ3v) is 7.74. The average molecular weight is 532 g/mol. The number of fused-ring (bicyclic) bond motifs is 1. The zero-order valence-electron chi connectivity index (χ0n) is 18.7. The second-order valence-electron chi connectivity index (χ2n) is 7.71. The highest BCUT2D eigenvalue weighted by atomic mass is 79.9. The highest BCUT2D eigenvalue weighted by molar-refractivity contribution is 9.10. The van der Waals surface area contributed by atoms with Crippen LogP contribution < -0.4 is 5.32 Å². The molecule has 0 aliphatic rings. The molecule has 0 aromatic heterocycles. The molecular formula is C24H26BrN3O4S. The Morgan fingerprint density at radius 2 is 1.70 bits per heavy atom. The molecule has 0 spiro atoms. The zero-order chi connectivity index (χ0) is 24.2. The first-order valence-electron chi connectivity index (χ1n) is 10.3. The minimum absolute atomic E-state index is 0.106. The zero-order valence-corrected chi connectivity index (χ0v) is 21.1. The predicted molar refractivity (Wildman–Crippen MR) is 132 cm³/mol. The number of amides is 2. The summed E-state index contributed by atoms with van der Waals surface area (Å²) in [5.41, 5.74) is 0.813. The summed E-state index contributed by atoms with van der Waals surface area (Å²) < 4.78 is 28.2. The fraction of sp³-hybridized carbons (Fsp3) is 0.250. The number of benzene rings is 3. The van der Waals surface area contributed by atoms with Crippen molar-refractivity contribution in [2.75, 3.05) is 20.6 Å². The maximum atomic E-state index is 13.2. The van der Waals surface area contributed by atoms with E-state index >= 15 is 0 Å². The lowest BCUT2D eigenvalue weighted by Crippen LogP contribution is -2.50. The Morgan fingerprint density at radius 1 is 1.00 bits per heavy atom. The molecule has 0 radical (unpaired) electrons. The topological polar surface area (TPSA) is 86.8 Å². The lowest BCUT2D eigenvalue weighted by atomic mass is 10.1. The van der Waals surface area contributed by atoms with Gasteiger partial charge in [0.15, 0.2) is 0 Å². The molecule has 3 aromatic rings. The molecule has 2 amide bonds. The largest absolute Gasteiger partial charge is 0.357 e. The molecule has 0 aliphatic carbocycles. The minimum atomic E-state index is -3.91. The molecule has 0 saturated heterocycles. The van der Waals surface area contributed by atoms with Crippen molar-refractivity contribution >= 4 is 48.5 Å². The monoisotopic (exact) mass is 531 g/mol. The van der Waals surface area contributed by atoms with Gasteiger partial charge in [-0.15, -0.1) is 0 Å². The molecule has 0 bridgehead atoms. The third kappa shape index (κ3) is 5.79. The third-order valence-electron chi connectivity index (χ3n) is 5.44. The van der Waals surface area contributed by atoms with Gasteiger partial charge in [0.1, 0.15) is 6.04 Å². The van der Waals surface area contributed by atoms with Crippen LogP contribution in [-0.2, 0) is 26.2 Å². The second kappa shape index (κ2) is 10.5. The normalized spacial score (nSPS) is 12.5. The molecule has 0 unspecified atom stereocenters. The number of carbonyl (C=O) groups is 2. The van der Waals surface area contributed by atoms with Gasteiger partial charge in [0.2, 0.25) is 21.8 Å². The van der Waals surface area contributed by atoms with Gasteiger partial charge in [0.25, 0.3) is 0 Å². The Morgan fingerprint density at radius 3 is 2.36 bits per heavy atom. The van der Waals surface area contributed by atoms with Gasteiger partial charge < -0.3 is 10.2 Å². The van der Waals surface area contributed by atoms with E-state index in [9.17, 15) is 18.0 Å². The second-order valence-corrected chi connectivity index (χ2v) is 10.7. The number of sulfonamides is 1. The number of likely N-dealkylation sites (N-methyl/N-ethyl adjacent to an activating group) is 2. The first-order chi connectivity index (χ1) is 15.6. The molecule has 0 heterocycles. The van der Waals surface area contributed by atoms with Gasteiger partial charge in [0, 0.05) is 25.1 Å². The molecule has 0 aliphatic heterocycles. The number of hydrogen-bond donors (Lipinski definition) is 1. The maximum Gasteiger partial charge on any atom is 0.243 e. The molecule has 0 fully saturated rings. The van der Waals surface area contributed by atoms with E-state index < -0.39 is 28.5 Å². The predicted octanol–water partition coefficient (Wildman–Crippen LogP) is 3.39. The van der Waals surface area contributed by atoms with Gasteiger partial charge in [-0.3, -0.25) is 9.59 Å². The highest BCUT2D eigenvalue weighted by Gasteiger charge is 2.30. The van der Waals surface area contributed by atoms with Crippen molar-refractivity contribution in [2.45, 2.75) is 24.4 Å². The summed E-state index contributed by atoms with van der Waals surface area (Å²) >= 11 is 3.41. The van der Waals surface area contributed by atoms with Crippen LogP contribution in [0.4, 0.5) is 0 Å². The summed E-state index contributed by atoms with van der Waals surface area (Å²) in [4.78, 5) is 27.0. The first-order valence-corrected chi connectivity index (χ1v) is 12.6. The molecule has 0 saturated carbocycles. The number of nitrogens with one attached hydrogen (secondary N) is 1. The van der Waals surface area contributed by atoms with Crippen LogP contribution in [0.3, 0.4) is 0 Å². The minimum Gasteiger partial charge on any atom is -0.357 e. The van der Waals surface area contributed by atoms with E-state index in [1.165, 1.54) is 25.1 Å². The number of carbonyl (C=O) groups excluding carboxylic acids is 2. The molecule has 9 heteroatoms. The molecule has 174 valence electrons. The standard InChI is InChI=1S/C24H26BrN3O4S/c1-17(24(30)26-2)28(15-18-7-6-10-21(25)13-18)23(29)16-27(3)33(31,32)22-12-11-19-8-4-5-9-20(19)14-22/h4-14,17H,15-16H2,1-3H3,(H,26,30)/t17-/m0/s1. The summed E-state index contributed by atoms with van der Waals surface area (Å²) in [6.45, 7) is 1.38. The van der Waals surface area contributed by atoms with Crippen LogP contribution >= 0.6 is 15.9 Å². The van der Waals surface area contributed by atoms with Crippen molar-refractivity contribution in [3.05, 3.63) is 76.8 Å². The first kappa shape index (κ1) is 24.9. The van der Waals surface area contributed by atoms with Crippen molar-refractivity contribution in [3.8, 4) is 0 Å². The fourth-order valence-corrected chi connectivity index (χ4v) is 5.10. The van der Waals surface area contributed by atoms with E-state index in [2.05, 4.69) is 21.2 Å². The fourth-order valence-electron chi connectivity index (χ4n) is 3.50. The number of hydrogen-bond acceptors (Lipinski definition) is 4. The van der Waals surface area contributed by atoms with E-state index in [0.29, 0.717) is 0 Å². The smallest absolute Gasteiger partial charge is 0.243 e. The van der Waals surface area contributed by atoms with E-state index in [1.807, 2.05) is 48.5 Å². The number of halogens is 1. The lowest BCUT2D eigenvalue weighted by Gasteiger charge is -2.30. The molecular weight excluding hydrogens is 506 g/mol. The van der Waals surface area contributed by atoms with Gasteiger partial charge in [-0.1, -0.05) is 58.4 Å². The Bertz CT molecular complexity index is 1280. The highest BCUT2D eigenvalue weighted by Crippen LogP contribution is 2.22. The van der Waals surface area contributed by atoms with Crippen LogP contribution in [0.2, 0.25) is 0 Å². The molecule has 7 nitrogen and oxygen atoms in total. The molecule has 1 N–H and O–H groups in total. The Hall–Kier alpha value is -2.75. The van der Waals surface area contributed by atoms with E-state index in [1.54, 1.807) is 19.1 Å². The number of rotatable bonds is 8. The van der Waals surface area contributed by atoms with Crippen molar-refractivity contribution in [1.82, 2.24) is 14.5 Å². The van der Waals surface area contributed by atoms with Crippen LogP contribution in [0.1, 0.15) is 12.5 Å². The average Bonchev–Trinajstić information content (AvgIpc) is 2.81. The van der Waals surface area contributed by atoms with E-state index in [0.717, 1.165) is 25.1 Å². The quantitative estimate of drug-likeness (QED) is 0.482. The summed E-state index contributed by atoms with van der Waals surface area (Å²) in [6.07, 6.45) is 0. The van der Waals surface area contributed by atoms with E-state index in [4.69, 9.17) is 0 Å². The van der Waals surface area contributed by atoms with E-state index in [-0.39, 0.29) is 17.3 Å². The molecule has 1 atom stereocenters. The van der Waals surface area contributed by atoms with Gasteiger partial charge in [-0.25, -0.2) is 8.42 Å².